The van der Waals surface area contributed by atoms with Gasteiger partial charge in [-0.3, -0.25) is 0 Å². The minimum atomic E-state index is -1.09. The van der Waals surface area contributed by atoms with Gasteiger partial charge < -0.3 is 5.11 Å². The van der Waals surface area contributed by atoms with Crippen LogP contribution in [0.15, 0.2) is 0 Å². The zero-order chi connectivity index (χ0) is 4.99. The van der Waals surface area contributed by atoms with Crippen molar-refractivity contribution in [3.8, 4) is 0 Å². The molecule has 0 saturated heterocycles. The fraction of sp³-hybridized carbons (Fsp3) is 1.00. The van der Waals surface area contributed by atoms with Gasteiger partial charge in [-0.1, -0.05) is 15.9 Å². The largest absolute Gasteiger partial charge is 0.393 e. The van der Waals surface area contributed by atoms with Gasteiger partial charge >= 0.3 is 0 Å². The maximum absolute atomic E-state index is 11.6. The summed E-state index contributed by atoms with van der Waals surface area (Å²) >= 11 is 2.84. The molecule has 0 aliphatic heterocycles. The molecule has 1 nitrogen and oxygen atoms in total. The second kappa shape index (κ2) is 3.56. The van der Waals surface area contributed by atoms with Gasteiger partial charge in [0.1, 0.15) is 6.17 Å². The van der Waals surface area contributed by atoms with Gasteiger partial charge in [0.25, 0.3) is 0 Å². The van der Waals surface area contributed by atoms with Crippen molar-refractivity contribution in [1.29, 1.82) is 0 Å². The van der Waals surface area contributed by atoms with Crippen LogP contribution in [0.5, 0.6) is 0 Å². The average Bonchev–Trinajstić information content (AvgIpc) is 1.65. The normalized spacial score (nSPS) is 14.5. The maximum atomic E-state index is 11.6. The van der Waals surface area contributed by atoms with E-state index in [1.165, 1.54) is 0 Å². The minimum Gasteiger partial charge on any atom is -0.393 e. The monoisotopic (exact) mass is 156 g/mol. The molecule has 0 heterocycles. The third kappa shape index (κ3) is 2.60. The van der Waals surface area contributed by atoms with E-state index in [0.717, 1.165) is 0 Å². The van der Waals surface area contributed by atoms with Gasteiger partial charge in [-0.15, -0.1) is 0 Å². The number of halogens is 2. The second-order valence-corrected chi connectivity index (χ2v) is 1.58. The van der Waals surface area contributed by atoms with Crippen LogP contribution in [-0.4, -0.2) is 23.2 Å². The summed E-state index contributed by atoms with van der Waals surface area (Å²) in [6.45, 7) is -0.384. The third-order valence-corrected chi connectivity index (χ3v) is 1.07. The number of hydrogen-bond donors (Lipinski definition) is 1. The smallest absolute Gasteiger partial charge is 0.133 e. The van der Waals surface area contributed by atoms with Crippen molar-refractivity contribution in [2.24, 2.45) is 0 Å². The first-order valence-corrected chi connectivity index (χ1v) is 2.74. The zero-order valence-electron chi connectivity index (χ0n) is 3.19. The molecule has 0 fully saturated rings. The summed E-state index contributed by atoms with van der Waals surface area (Å²) in [5, 5.41) is 8.16. The molecule has 0 unspecified atom stereocenters. The Kier molecular flexibility index (Phi) is 3.78. The van der Waals surface area contributed by atoms with Crippen molar-refractivity contribution in [3.63, 3.8) is 0 Å². The van der Waals surface area contributed by atoms with E-state index in [-0.39, 0.29) is 11.9 Å². The first-order valence-electron chi connectivity index (χ1n) is 1.62. The summed E-state index contributed by atoms with van der Waals surface area (Å²) in [5.74, 6) is 0. The minimum absolute atomic E-state index is 0.226. The zero-order valence-corrected chi connectivity index (χ0v) is 4.78. The fourth-order valence-corrected chi connectivity index (χ4v) is 0.254. The van der Waals surface area contributed by atoms with Crippen LogP contribution in [0.25, 0.3) is 0 Å². The second-order valence-electron chi connectivity index (χ2n) is 0.934. The van der Waals surface area contributed by atoms with Gasteiger partial charge in [-0.05, 0) is 0 Å². The Morgan fingerprint density at radius 2 is 2.33 bits per heavy atom. The van der Waals surface area contributed by atoms with Crippen LogP contribution in [0.2, 0.25) is 0 Å². The van der Waals surface area contributed by atoms with Crippen molar-refractivity contribution < 1.29 is 9.50 Å². The number of alkyl halides is 2. The van der Waals surface area contributed by atoms with Crippen molar-refractivity contribution in [2.75, 3.05) is 11.9 Å². The molecule has 3 heteroatoms. The lowest BCUT2D eigenvalue weighted by Gasteiger charge is -1.92. The molecule has 0 aliphatic rings. The van der Waals surface area contributed by atoms with E-state index in [1.807, 2.05) is 0 Å². The predicted molar refractivity (Wildman–Crippen MR) is 25.8 cm³/mol. The van der Waals surface area contributed by atoms with E-state index in [0.29, 0.717) is 0 Å². The van der Waals surface area contributed by atoms with E-state index in [1.54, 1.807) is 0 Å². The van der Waals surface area contributed by atoms with E-state index >= 15 is 0 Å². The average molecular weight is 157 g/mol. The highest BCUT2D eigenvalue weighted by atomic mass is 79.9. The Balaban J connectivity index is 2.75. The van der Waals surface area contributed by atoms with Crippen molar-refractivity contribution >= 4 is 15.9 Å². The Bertz CT molecular complexity index is 30.0. The molecule has 0 aliphatic carbocycles. The van der Waals surface area contributed by atoms with Crippen LogP contribution in [0.3, 0.4) is 0 Å². The van der Waals surface area contributed by atoms with Gasteiger partial charge in [0.15, 0.2) is 0 Å². The Labute approximate surface area is 44.3 Å². The van der Waals surface area contributed by atoms with Gasteiger partial charge in [0, 0.05) is 5.33 Å². The number of hydrogen-bond acceptors (Lipinski definition) is 1. The molecule has 0 spiro atoms. The molecule has 0 aromatic carbocycles. The molecule has 6 heavy (non-hydrogen) atoms. The highest BCUT2D eigenvalue weighted by Gasteiger charge is 1.97. The summed E-state index contributed by atoms with van der Waals surface area (Å²) < 4.78 is 11.6. The molecule has 0 amide bonds. The molecule has 0 saturated carbocycles. The molecule has 0 radical (unpaired) electrons. The van der Waals surface area contributed by atoms with Gasteiger partial charge in [0.05, 0.1) is 6.61 Å². The Morgan fingerprint density at radius 1 is 1.83 bits per heavy atom. The van der Waals surface area contributed by atoms with Gasteiger partial charge in [0.2, 0.25) is 0 Å². The van der Waals surface area contributed by atoms with Crippen LogP contribution in [0.4, 0.5) is 4.39 Å². The standard InChI is InChI=1S/C3H6BrFO/c4-1-3(5)2-6/h3,6H,1-2H2/t3-/m1/s1. The van der Waals surface area contributed by atoms with Crippen molar-refractivity contribution in [2.45, 2.75) is 6.17 Å². The lowest BCUT2D eigenvalue weighted by molar-refractivity contribution is 0.195. The lowest BCUT2D eigenvalue weighted by Crippen LogP contribution is -2.05. The number of rotatable bonds is 2. The summed E-state index contributed by atoms with van der Waals surface area (Å²) in [5.41, 5.74) is 0. The van der Waals surface area contributed by atoms with Crippen LogP contribution in [0.1, 0.15) is 0 Å². The van der Waals surface area contributed by atoms with Crippen LogP contribution >= 0.6 is 15.9 Å². The summed E-state index contributed by atoms with van der Waals surface area (Å²) in [4.78, 5) is 0. The number of aliphatic hydroxyl groups excluding tert-OH is 1. The summed E-state index contributed by atoms with van der Waals surface area (Å²) in [6.07, 6.45) is -1.09. The topological polar surface area (TPSA) is 20.2 Å². The third-order valence-electron chi connectivity index (χ3n) is 0.366. The Hall–Kier alpha value is 0.370. The molecule has 38 valence electrons. The number of aliphatic hydroxyl groups is 1. The van der Waals surface area contributed by atoms with E-state index < -0.39 is 6.17 Å². The van der Waals surface area contributed by atoms with Crippen LogP contribution in [0, 0.1) is 0 Å². The van der Waals surface area contributed by atoms with Crippen molar-refractivity contribution in [1.82, 2.24) is 0 Å². The summed E-state index contributed by atoms with van der Waals surface area (Å²) in [7, 11) is 0. The molecular weight excluding hydrogens is 151 g/mol. The first-order chi connectivity index (χ1) is 2.81. The van der Waals surface area contributed by atoms with E-state index in [4.69, 9.17) is 5.11 Å². The van der Waals surface area contributed by atoms with Crippen LogP contribution < -0.4 is 0 Å². The Morgan fingerprint density at radius 3 is 2.33 bits per heavy atom. The predicted octanol–water partition coefficient (Wildman–Crippen LogP) is 0.712. The molecule has 0 rings (SSSR count). The molecular formula is C3H6BrFO. The van der Waals surface area contributed by atoms with Crippen LogP contribution in [-0.2, 0) is 0 Å². The molecule has 0 bridgehead atoms. The van der Waals surface area contributed by atoms with Crippen molar-refractivity contribution in [3.05, 3.63) is 0 Å². The van der Waals surface area contributed by atoms with E-state index in [2.05, 4.69) is 15.9 Å². The highest BCUT2D eigenvalue weighted by molar-refractivity contribution is 9.09. The van der Waals surface area contributed by atoms with Gasteiger partial charge in [-0.2, -0.15) is 0 Å². The SMILES string of the molecule is OC[C@H](F)CBr. The lowest BCUT2D eigenvalue weighted by atomic mass is 10.5. The maximum Gasteiger partial charge on any atom is 0.133 e. The van der Waals surface area contributed by atoms with E-state index in [9.17, 15) is 4.39 Å². The molecule has 0 aromatic heterocycles. The highest BCUT2D eigenvalue weighted by Crippen LogP contribution is 1.92. The molecule has 0 aromatic rings. The first kappa shape index (κ1) is 6.37. The molecule has 1 N–H and O–H groups in total. The fourth-order valence-electron chi connectivity index (χ4n) is 0.0488. The summed E-state index contributed by atoms with van der Waals surface area (Å²) in [6, 6.07) is 0. The van der Waals surface area contributed by atoms with Gasteiger partial charge in [-0.25, -0.2) is 4.39 Å². The quantitative estimate of drug-likeness (QED) is 0.585. The molecule has 1 atom stereocenters.